The summed E-state index contributed by atoms with van der Waals surface area (Å²) in [5.41, 5.74) is 17.3. The van der Waals surface area contributed by atoms with Gasteiger partial charge < -0.3 is 26.1 Å². The highest BCUT2D eigenvalue weighted by molar-refractivity contribution is 5.93. The molecule has 0 saturated carbocycles. The van der Waals surface area contributed by atoms with Crippen molar-refractivity contribution in [2.45, 2.75) is 19.3 Å². The highest BCUT2D eigenvalue weighted by Gasteiger charge is 2.30. The van der Waals surface area contributed by atoms with Crippen LogP contribution in [0.5, 0.6) is 0 Å². The number of ether oxygens (including phenoxy) is 1. The Hall–Kier alpha value is -4.50. The van der Waals surface area contributed by atoms with Gasteiger partial charge in [0, 0.05) is 53.9 Å². The second-order valence-corrected chi connectivity index (χ2v) is 9.69. The SMILES string of the molecule is CCc1ccc(C(c2cc3cc(N)ccc3c(N)n2)c2nc(-c3cccnc3)c[nH]2)c(F)c1N1CCOCC1. The smallest absolute Gasteiger partial charge is 0.151 e. The summed E-state index contributed by atoms with van der Waals surface area (Å²) in [4.78, 5) is 19.2. The number of hydrogen-bond acceptors (Lipinski definition) is 7. The van der Waals surface area contributed by atoms with E-state index in [0.717, 1.165) is 21.9 Å². The van der Waals surface area contributed by atoms with Crippen LogP contribution in [0.15, 0.2) is 67.1 Å². The number of halogens is 1. The minimum absolute atomic E-state index is 0.284. The Morgan fingerprint density at radius 2 is 1.92 bits per heavy atom. The number of anilines is 3. The number of hydrogen-bond donors (Lipinski definition) is 3. The molecule has 1 atom stereocenters. The lowest BCUT2D eigenvalue weighted by molar-refractivity contribution is 0.122. The van der Waals surface area contributed by atoms with Crippen LogP contribution in [0.25, 0.3) is 22.0 Å². The summed E-state index contributed by atoms with van der Waals surface area (Å²) in [6.07, 6.45) is 5.98. The average Bonchev–Trinajstić information content (AvgIpc) is 3.44. The first-order valence-corrected chi connectivity index (χ1v) is 13.1. The molecule has 2 aromatic carbocycles. The van der Waals surface area contributed by atoms with E-state index in [-0.39, 0.29) is 5.82 Å². The van der Waals surface area contributed by atoms with Gasteiger partial charge in [0.25, 0.3) is 0 Å². The third-order valence-corrected chi connectivity index (χ3v) is 7.28. The van der Waals surface area contributed by atoms with Gasteiger partial charge in [-0.2, -0.15) is 0 Å². The molecule has 0 aliphatic carbocycles. The Kier molecular flexibility index (Phi) is 6.58. The molecule has 4 heterocycles. The zero-order valence-corrected chi connectivity index (χ0v) is 21.7. The maximum Gasteiger partial charge on any atom is 0.151 e. The second-order valence-electron chi connectivity index (χ2n) is 9.69. The van der Waals surface area contributed by atoms with Crippen LogP contribution >= 0.6 is 0 Å². The van der Waals surface area contributed by atoms with Crippen molar-refractivity contribution < 1.29 is 9.13 Å². The number of nitrogens with two attached hydrogens (primary N) is 2. The van der Waals surface area contributed by atoms with Crippen LogP contribution in [0.1, 0.15) is 35.5 Å². The molecular formula is C30H30FN7O. The number of benzene rings is 2. The minimum atomic E-state index is -0.644. The molecule has 1 aliphatic heterocycles. The summed E-state index contributed by atoms with van der Waals surface area (Å²) in [7, 11) is 0. The van der Waals surface area contributed by atoms with Crippen LogP contribution in [-0.4, -0.2) is 46.2 Å². The molecule has 0 radical (unpaired) electrons. The number of fused-ring (bicyclic) bond motifs is 1. The summed E-state index contributed by atoms with van der Waals surface area (Å²) in [5, 5.41) is 1.62. The van der Waals surface area contributed by atoms with E-state index in [2.05, 4.69) is 14.9 Å². The largest absolute Gasteiger partial charge is 0.399 e. The Labute approximate surface area is 225 Å². The van der Waals surface area contributed by atoms with Crippen LogP contribution in [0, 0.1) is 5.82 Å². The van der Waals surface area contributed by atoms with E-state index in [4.69, 9.17) is 26.2 Å². The number of pyridine rings is 2. The highest BCUT2D eigenvalue weighted by atomic mass is 19.1. The van der Waals surface area contributed by atoms with Gasteiger partial charge in [-0.05, 0) is 53.8 Å². The molecule has 0 spiro atoms. The minimum Gasteiger partial charge on any atom is -0.399 e. The van der Waals surface area contributed by atoms with E-state index in [0.29, 0.717) is 72.7 Å². The van der Waals surface area contributed by atoms with Gasteiger partial charge in [0.05, 0.1) is 36.2 Å². The standard InChI is InChI=1S/C30H30FN7O/c1-2-18-5-7-23(27(31)28(18)38-10-12-39-13-11-38)26(30-35-17-25(37-30)19-4-3-9-34-16-19)24-15-20-14-21(32)6-8-22(20)29(33)36-24/h3-9,14-17,26H,2,10-13,32H2,1H3,(H2,33,36)(H,35,37). The fraction of sp³-hybridized carbons (Fsp3) is 0.233. The van der Waals surface area contributed by atoms with E-state index < -0.39 is 5.92 Å². The zero-order valence-electron chi connectivity index (χ0n) is 21.7. The maximum absolute atomic E-state index is 16.7. The van der Waals surface area contributed by atoms with Crippen molar-refractivity contribution in [3.05, 3.63) is 95.6 Å². The van der Waals surface area contributed by atoms with Gasteiger partial charge >= 0.3 is 0 Å². The number of nitrogens with zero attached hydrogens (tertiary/aromatic N) is 4. The zero-order chi connectivity index (χ0) is 26.9. The summed E-state index contributed by atoms with van der Waals surface area (Å²) < 4.78 is 22.3. The lowest BCUT2D eigenvalue weighted by atomic mass is 9.90. The molecule has 1 unspecified atom stereocenters. The number of aromatic amines is 1. The second kappa shape index (κ2) is 10.3. The van der Waals surface area contributed by atoms with E-state index in [1.54, 1.807) is 18.5 Å². The van der Waals surface area contributed by atoms with E-state index in [1.807, 2.05) is 55.6 Å². The number of nitrogens with one attached hydrogen (secondary N) is 1. The third kappa shape index (κ3) is 4.66. The molecule has 198 valence electrons. The van der Waals surface area contributed by atoms with Crippen molar-refractivity contribution in [2.75, 3.05) is 42.7 Å². The summed E-state index contributed by atoms with van der Waals surface area (Å²) in [6, 6.07) is 15.1. The quantitative estimate of drug-likeness (QED) is 0.271. The van der Waals surface area contributed by atoms with Gasteiger partial charge in [-0.3, -0.25) is 4.98 Å². The Morgan fingerprint density at radius 3 is 2.69 bits per heavy atom. The molecule has 8 nitrogen and oxygen atoms in total. The first-order chi connectivity index (χ1) is 19.0. The third-order valence-electron chi connectivity index (χ3n) is 7.28. The predicted octanol–water partition coefficient (Wildman–Crippen LogP) is 4.90. The summed E-state index contributed by atoms with van der Waals surface area (Å²) >= 11 is 0. The molecule has 39 heavy (non-hydrogen) atoms. The van der Waals surface area contributed by atoms with Gasteiger partial charge in [-0.25, -0.2) is 14.4 Å². The van der Waals surface area contributed by atoms with Gasteiger partial charge in [0.15, 0.2) is 5.82 Å². The van der Waals surface area contributed by atoms with Gasteiger partial charge in [-0.1, -0.05) is 19.1 Å². The van der Waals surface area contributed by atoms with Gasteiger partial charge in [0.1, 0.15) is 11.6 Å². The fourth-order valence-electron chi connectivity index (χ4n) is 5.32. The van der Waals surface area contributed by atoms with Crippen LogP contribution in [0.2, 0.25) is 0 Å². The molecule has 1 aliphatic rings. The normalized spacial score (nSPS) is 14.6. The van der Waals surface area contributed by atoms with Crippen LogP contribution in [-0.2, 0) is 11.2 Å². The van der Waals surface area contributed by atoms with Crippen molar-refractivity contribution in [3.63, 3.8) is 0 Å². The molecule has 1 saturated heterocycles. The predicted molar refractivity (Wildman–Crippen MR) is 152 cm³/mol. The summed E-state index contributed by atoms with van der Waals surface area (Å²) in [6.45, 7) is 4.42. The first-order valence-electron chi connectivity index (χ1n) is 13.1. The van der Waals surface area contributed by atoms with Crippen molar-refractivity contribution in [2.24, 2.45) is 0 Å². The Morgan fingerprint density at radius 1 is 1.08 bits per heavy atom. The van der Waals surface area contributed by atoms with Crippen molar-refractivity contribution in [1.29, 1.82) is 0 Å². The van der Waals surface area contributed by atoms with E-state index in [9.17, 15) is 0 Å². The van der Waals surface area contributed by atoms with E-state index >= 15 is 4.39 Å². The molecular weight excluding hydrogens is 493 g/mol. The lowest BCUT2D eigenvalue weighted by Crippen LogP contribution is -2.37. The molecule has 5 aromatic rings. The molecule has 0 amide bonds. The first kappa shape index (κ1) is 24.8. The molecule has 9 heteroatoms. The average molecular weight is 524 g/mol. The number of H-pyrrole nitrogens is 1. The molecule has 6 rings (SSSR count). The van der Waals surface area contributed by atoms with Crippen molar-refractivity contribution in [3.8, 4) is 11.3 Å². The van der Waals surface area contributed by atoms with Gasteiger partial charge in [-0.15, -0.1) is 0 Å². The Bertz CT molecular complexity index is 1630. The highest BCUT2D eigenvalue weighted by Crippen LogP contribution is 2.39. The number of aryl methyl sites for hydroxylation is 1. The van der Waals surface area contributed by atoms with Crippen LogP contribution in [0.4, 0.5) is 21.6 Å². The Balaban J connectivity index is 1.56. The maximum atomic E-state index is 16.7. The van der Waals surface area contributed by atoms with Gasteiger partial charge in [0.2, 0.25) is 0 Å². The number of morpholine rings is 1. The molecule has 5 N–H and O–H groups in total. The molecule has 1 fully saturated rings. The number of rotatable bonds is 6. The number of imidazole rings is 1. The topological polar surface area (TPSA) is 119 Å². The molecule has 0 bridgehead atoms. The number of aromatic nitrogens is 4. The fourth-order valence-corrected chi connectivity index (χ4v) is 5.32. The van der Waals surface area contributed by atoms with Crippen LogP contribution < -0.4 is 16.4 Å². The molecule has 3 aromatic heterocycles. The lowest BCUT2D eigenvalue weighted by Gasteiger charge is -2.32. The van der Waals surface area contributed by atoms with Crippen molar-refractivity contribution in [1.82, 2.24) is 19.9 Å². The van der Waals surface area contributed by atoms with Crippen molar-refractivity contribution >= 4 is 28.0 Å². The monoisotopic (exact) mass is 523 g/mol. The van der Waals surface area contributed by atoms with Crippen LogP contribution in [0.3, 0.4) is 0 Å². The summed E-state index contributed by atoms with van der Waals surface area (Å²) in [5.74, 6) is -0.0199. The number of nitrogen functional groups attached to an aromatic ring is 2. The van der Waals surface area contributed by atoms with E-state index in [1.165, 1.54) is 0 Å².